The van der Waals surface area contributed by atoms with Crippen molar-refractivity contribution in [2.45, 2.75) is 67.4 Å². The van der Waals surface area contributed by atoms with Crippen LogP contribution in [0.15, 0.2) is 82.6 Å². The second-order valence-electron chi connectivity index (χ2n) is 14.3. The maximum atomic E-state index is 14.4. The summed E-state index contributed by atoms with van der Waals surface area (Å²) < 4.78 is 91.5. The van der Waals surface area contributed by atoms with Gasteiger partial charge in [0.25, 0.3) is 0 Å². The summed E-state index contributed by atoms with van der Waals surface area (Å²) in [5, 5.41) is 14.6. The van der Waals surface area contributed by atoms with Gasteiger partial charge in [-0.15, -0.1) is 0 Å². The fraction of sp³-hybridized carbons (Fsp3) is 0.486. The van der Waals surface area contributed by atoms with Gasteiger partial charge >= 0.3 is 6.09 Å². The summed E-state index contributed by atoms with van der Waals surface area (Å²) in [4.78, 5) is 13.3. The molecule has 3 heterocycles. The Balaban J connectivity index is 1.21. The van der Waals surface area contributed by atoms with E-state index in [0.29, 0.717) is 24.5 Å². The molecule has 3 aliphatic heterocycles. The number of aliphatic hydroxyl groups excluding tert-OH is 1. The van der Waals surface area contributed by atoms with Crippen LogP contribution in [0.25, 0.3) is 0 Å². The van der Waals surface area contributed by atoms with Crippen LogP contribution in [-0.2, 0) is 40.7 Å². The molecule has 0 bridgehead atoms. The minimum Gasteiger partial charge on any atom is -0.497 e. The van der Waals surface area contributed by atoms with Crippen LogP contribution in [0.1, 0.15) is 32.3 Å². The number of nitrogens with zero attached hydrogens (tertiary/aromatic N) is 1. The van der Waals surface area contributed by atoms with Crippen molar-refractivity contribution in [3.63, 3.8) is 0 Å². The number of carbonyl (C=O) groups excluding carboxylic acids is 1. The van der Waals surface area contributed by atoms with E-state index in [9.17, 15) is 26.7 Å². The van der Waals surface area contributed by atoms with Gasteiger partial charge in [0.15, 0.2) is 17.8 Å². The van der Waals surface area contributed by atoms with Crippen molar-refractivity contribution in [3.8, 4) is 17.2 Å². The molecule has 294 valence electrons. The van der Waals surface area contributed by atoms with Gasteiger partial charge in [0.1, 0.15) is 11.9 Å². The first-order valence-electron chi connectivity index (χ1n) is 17.7. The molecule has 54 heavy (non-hydrogen) atoms. The third kappa shape index (κ3) is 9.63. The highest BCUT2D eigenvalue weighted by Crippen LogP contribution is 2.36. The summed E-state index contributed by atoms with van der Waals surface area (Å²) in [7, 11) is -6.69. The first-order chi connectivity index (χ1) is 25.7. The normalized spacial score (nSPS) is 20.7. The first-order valence-corrected chi connectivity index (χ1v) is 20.6. The quantitative estimate of drug-likeness (QED) is 0.182. The Morgan fingerprint density at radius 2 is 1.70 bits per heavy atom. The van der Waals surface area contributed by atoms with Crippen LogP contribution in [0.3, 0.4) is 0 Å². The third-order valence-corrected chi connectivity index (χ3v) is 13.0. The van der Waals surface area contributed by atoms with Gasteiger partial charge in [-0.2, -0.15) is 4.31 Å². The second-order valence-corrected chi connectivity index (χ2v) is 18.0. The molecule has 0 spiro atoms. The van der Waals surface area contributed by atoms with Gasteiger partial charge in [0, 0.05) is 25.7 Å². The predicted molar refractivity (Wildman–Crippen MR) is 195 cm³/mol. The van der Waals surface area contributed by atoms with Crippen molar-refractivity contribution in [1.82, 2.24) is 14.3 Å². The average molecular weight is 790 g/mol. The number of aliphatic hydroxyl groups is 1. The number of carbonyl (C=O) groups is 1. The molecule has 0 aromatic heterocycles. The molecule has 3 aromatic carbocycles. The summed E-state index contributed by atoms with van der Waals surface area (Å²) in [5.74, 6) is 1.08. The van der Waals surface area contributed by atoms with Crippen LogP contribution in [-0.4, -0.2) is 104 Å². The number of benzene rings is 3. The minimum absolute atomic E-state index is 0.00360. The Kier molecular flexibility index (Phi) is 12.4. The summed E-state index contributed by atoms with van der Waals surface area (Å²) in [6, 6.07) is 18.5. The molecule has 3 N–H and O–H groups in total. The Hall–Kier alpha value is -3.97. The molecule has 2 fully saturated rings. The molecule has 17 heteroatoms. The van der Waals surface area contributed by atoms with Gasteiger partial charge in [0.2, 0.25) is 26.8 Å². The first kappa shape index (κ1) is 39.7. The van der Waals surface area contributed by atoms with Gasteiger partial charge in [-0.1, -0.05) is 44.2 Å². The highest BCUT2D eigenvalue weighted by Gasteiger charge is 2.44. The standard InChI is InChI=1S/C37H47N3O12S2/c1-37(2,16-17-38-53(43,44)27-11-9-26(47-3)10-12-27)23-40(54(45,46)28-13-14-32-33(20-28)51-24-50-32)21-31(41)30(19-25-7-5-4-6-8-25)39-36(42)52-34-22-49-35-29(34)15-18-48-35/h4-14,20,29-31,34-35,38,41H,15-19,21-24H2,1-3H3,(H,39,42)/t29-,30-,31+,34-,35+/m0/s1. The molecule has 0 aliphatic carbocycles. The maximum Gasteiger partial charge on any atom is 0.407 e. The smallest absolute Gasteiger partial charge is 0.407 e. The number of hydrogen-bond donors (Lipinski definition) is 3. The van der Waals surface area contributed by atoms with Crippen LogP contribution >= 0.6 is 0 Å². The number of hydrogen-bond acceptors (Lipinski definition) is 12. The number of methoxy groups -OCH3 is 1. The molecule has 1 amide bonds. The largest absolute Gasteiger partial charge is 0.497 e. The molecule has 5 atom stereocenters. The van der Waals surface area contributed by atoms with E-state index in [1.54, 1.807) is 12.1 Å². The van der Waals surface area contributed by atoms with Crippen molar-refractivity contribution < 1.29 is 55.2 Å². The lowest BCUT2D eigenvalue weighted by atomic mass is 9.89. The van der Waals surface area contributed by atoms with Crippen molar-refractivity contribution in [2.24, 2.45) is 11.3 Å². The predicted octanol–water partition coefficient (Wildman–Crippen LogP) is 3.27. The highest BCUT2D eigenvalue weighted by atomic mass is 32.2. The monoisotopic (exact) mass is 789 g/mol. The summed E-state index contributed by atoms with van der Waals surface area (Å²) in [6.45, 7) is 3.73. The Bertz CT molecular complexity index is 1960. The second kappa shape index (κ2) is 16.8. The van der Waals surface area contributed by atoms with Crippen LogP contribution < -0.4 is 24.2 Å². The number of rotatable bonds is 17. The Morgan fingerprint density at radius 3 is 2.44 bits per heavy atom. The van der Waals surface area contributed by atoms with Crippen molar-refractivity contribution in [3.05, 3.63) is 78.4 Å². The summed E-state index contributed by atoms with van der Waals surface area (Å²) in [5.41, 5.74) is -0.0140. The van der Waals surface area contributed by atoms with E-state index in [0.717, 1.165) is 9.87 Å². The van der Waals surface area contributed by atoms with Crippen molar-refractivity contribution in [1.29, 1.82) is 0 Å². The molecule has 3 aliphatic rings. The van der Waals surface area contributed by atoms with Crippen molar-refractivity contribution in [2.75, 3.05) is 46.8 Å². The van der Waals surface area contributed by atoms with Crippen LogP contribution in [0, 0.1) is 11.3 Å². The molecule has 0 saturated carbocycles. The fourth-order valence-electron chi connectivity index (χ4n) is 6.71. The number of fused-ring (bicyclic) bond motifs is 2. The number of sulfonamides is 2. The third-order valence-electron chi connectivity index (χ3n) is 9.75. The average Bonchev–Trinajstić information content (AvgIpc) is 3.90. The highest BCUT2D eigenvalue weighted by molar-refractivity contribution is 7.89. The molecule has 6 rings (SSSR count). The van der Waals surface area contributed by atoms with Gasteiger partial charge in [-0.25, -0.2) is 26.4 Å². The molecule has 3 aromatic rings. The molecule has 0 radical (unpaired) electrons. The zero-order valence-electron chi connectivity index (χ0n) is 30.4. The van der Waals surface area contributed by atoms with Gasteiger partial charge in [-0.3, -0.25) is 0 Å². The summed E-state index contributed by atoms with van der Waals surface area (Å²) >= 11 is 0. The molecular formula is C37H47N3O12S2. The van der Waals surface area contributed by atoms with Crippen LogP contribution in [0.5, 0.6) is 17.2 Å². The Morgan fingerprint density at radius 1 is 0.981 bits per heavy atom. The minimum atomic E-state index is -4.30. The molecule has 0 unspecified atom stereocenters. The van der Waals surface area contributed by atoms with E-state index in [2.05, 4.69) is 10.0 Å². The van der Waals surface area contributed by atoms with E-state index in [1.807, 2.05) is 44.2 Å². The lowest BCUT2D eigenvalue weighted by molar-refractivity contribution is -0.0907. The zero-order chi connectivity index (χ0) is 38.5. The maximum absolute atomic E-state index is 14.4. The van der Waals surface area contributed by atoms with Crippen molar-refractivity contribution >= 4 is 26.1 Å². The Labute approximate surface area is 315 Å². The van der Waals surface area contributed by atoms with Crippen LogP contribution in [0.2, 0.25) is 0 Å². The van der Waals surface area contributed by atoms with E-state index < -0.39 is 62.6 Å². The topological polar surface area (TPSA) is 188 Å². The SMILES string of the molecule is COc1ccc(S(=O)(=O)NCCC(C)(C)CN(C[C@@H](O)[C@H](Cc2ccccc2)NC(=O)O[C@H]2CO[C@H]3OCC[C@H]32)S(=O)(=O)c2ccc3c(c2)OCO3)cc1. The van der Waals surface area contributed by atoms with E-state index >= 15 is 0 Å². The zero-order valence-corrected chi connectivity index (χ0v) is 32.0. The number of nitrogens with one attached hydrogen (secondary N) is 2. The number of ether oxygens (including phenoxy) is 6. The van der Waals surface area contributed by atoms with Gasteiger partial charge in [-0.05, 0) is 66.6 Å². The molecule has 15 nitrogen and oxygen atoms in total. The number of alkyl carbamates (subject to hydrolysis) is 1. The lowest BCUT2D eigenvalue weighted by Gasteiger charge is -2.35. The van der Waals surface area contributed by atoms with Gasteiger partial charge < -0.3 is 38.8 Å². The number of amides is 1. The van der Waals surface area contributed by atoms with E-state index in [-0.39, 0.29) is 60.8 Å². The van der Waals surface area contributed by atoms with E-state index in [4.69, 9.17) is 28.4 Å². The molecule has 2 saturated heterocycles. The van der Waals surface area contributed by atoms with Crippen LogP contribution in [0.4, 0.5) is 4.79 Å². The van der Waals surface area contributed by atoms with E-state index in [1.165, 1.54) is 37.4 Å². The lowest BCUT2D eigenvalue weighted by Crippen LogP contribution is -2.52. The molecular weight excluding hydrogens is 743 g/mol. The summed E-state index contributed by atoms with van der Waals surface area (Å²) in [6.07, 6.45) is -2.05. The van der Waals surface area contributed by atoms with Gasteiger partial charge in [0.05, 0.1) is 48.2 Å². The fourth-order valence-corrected chi connectivity index (χ4v) is 9.40.